The standard InChI is InChI=1S/C13H21N5O4S/c1-3-16(4-2)23(21,22)17-9-7-15(8-10-17)13-6-5-12(11-14-13)18(19)20/h5-6,11H,3-4,7-10H2,1-2H3. The zero-order valence-corrected chi connectivity index (χ0v) is 14.1. The van der Waals surface area contributed by atoms with E-state index in [1.807, 2.05) is 18.7 Å². The lowest BCUT2D eigenvalue weighted by Crippen LogP contribution is -2.53. The highest BCUT2D eigenvalue weighted by molar-refractivity contribution is 7.86. The van der Waals surface area contributed by atoms with Crippen molar-refractivity contribution in [2.75, 3.05) is 44.2 Å². The van der Waals surface area contributed by atoms with Gasteiger partial charge in [-0.1, -0.05) is 13.8 Å². The number of pyridine rings is 1. The second-order valence-corrected chi connectivity index (χ2v) is 7.04. The summed E-state index contributed by atoms with van der Waals surface area (Å²) in [5, 5.41) is 10.6. The quantitative estimate of drug-likeness (QED) is 0.557. The van der Waals surface area contributed by atoms with Crippen LogP contribution >= 0.6 is 0 Å². The Kier molecular flexibility index (Phi) is 5.50. The highest BCUT2D eigenvalue weighted by Gasteiger charge is 2.31. The van der Waals surface area contributed by atoms with E-state index in [9.17, 15) is 18.5 Å². The molecule has 0 saturated carbocycles. The number of anilines is 1. The fourth-order valence-electron chi connectivity index (χ4n) is 2.53. The van der Waals surface area contributed by atoms with E-state index in [-0.39, 0.29) is 5.69 Å². The van der Waals surface area contributed by atoms with E-state index < -0.39 is 15.1 Å². The number of aromatic nitrogens is 1. The Morgan fingerprint density at radius 1 is 1.22 bits per heavy atom. The summed E-state index contributed by atoms with van der Waals surface area (Å²) in [6, 6.07) is 2.99. The maximum Gasteiger partial charge on any atom is 0.287 e. The minimum atomic E-state index is -3.42. The molecule has 2 heterocycles. The van der Waals surface area contributed by atoms with Gasteiger partial charge in [0.2, 0.25) is 0 Å². The summed E-state index contributed by atoms with van der Waals surface area (Å²) in [5.74, 6) is 0.621. The molecule has 0 amide bonds. The molecule has 0 bridgehead atoms. The van der Waals surface area contributed by atoms with Crippen molar-refractivity contribution in [3.05, 3.63) is 28.4 Å². The molecule has 1 fully saturated rings. The molecule has 1 aliphatic heterocycles. The third-order valence-electron chi connectivity index (χ3n) is 3.86. The van der Waals surface area contributed by atoms with Gasteiger partial charge in [0, 0.05) is 45.3 Å². The summed E-state index contributed by atoms with van der Waals surface area (Å²) in [7, 11) is -3.42. The second kappa shape index (κ2) is 7.20. The van der Waals surface area contributed by atoms with Gasteiger partial charge >= 0.3 is 0 Å². The molecule has 0 N–H and O–H groups in total. The summed E-state index contributed by atoms with van der Waals surface area (Å²) < 4.78 is 27.8. The van der Waals surface area contributed by atoms with Crippen LogP contribution in [0.2, 0.25) is 0 Å². The molecule has 1 aromatic heterocycles. The van der Waals surface area contributed by atoms with Crippen LogP contribution in [0.4, 0.5) is 11.5 Å². The van der Waals surface area contributed by atoms with Gasteiger partial charge < -0.3 is 4.90 Å². The van der Waals surface area contributed by atoms with Crippen molar-refractivity contribution in [1.82, 2.24) is 13.6 Å². The van der Waals surface area contributed by atoms with Gasteiger partial charge in [-0.05, 0) is 6.07 Å². The van der Waals surface area contributed by atoms with E-state index in [0.29, 0.717) is 45.1 Å². The lowest BCUT2D eigenvalue weighted by Gasteiger charge is -2.36. The van der Waals surface area contributed by atoms with Gasteiger partial charge in [-0.15, -0.1) is 0 Å². The minimum absolute atomic E-state index is 0.0588. The van der Waals surface area contributed by atoms with Crippen LogP contribution in [0.15, 0.2) is 18.3 Å². The number of hydrogen-bond donors (Lipinski definition) is 0. The smallest absolute Gasteiger partial charge is 0.287 e. The van der Waals surface area contributed by atoms with E-state index in [0.717, 1.165) is 0 Å². The van der Waals surface area contributed by atoms with Crippen molar-refractivity contribution in [2.24, 2.45) is 0 Å². The van der Waals surface area contributed by atoms with Gasteiger partial charge in [-0.3, -0.25) is 10.1 Å². The molecule has 1 aliphatic rings. The summed E-state index contributed by atoms with van der Waals surface area (Å²) >= 11 is 0. The molecule has 0 atom stereocenters. The molecule has 0 spiro atoms. The fraction of sp³-hybridized carbons (Fsp3) is 0.615. The highest BCUT2D eigenvalue weighted by atomic mass is 32.2. The first-order valence-corrected chi connectivity index (χ1v) is 8.90. The number of nitrogens with zero attached hydrogens (tertiary/aromatic N) is 5. The van der Waals surface area contributed by atoms with Crippen LogP contribution in [0.1, 0.15) is 13.8 Å². The summed E-state index contributed by atoms with van der Waals surface area (Å²) in [4.78, 5) is 16.2. The van der Waals surface area contributed by atoms with Crippen molar-refractivity contribution < 1.29 is 13.3 Å². The number of rotatable bonds is 6. The van der Waals surface area contributed by atoms with Gasteiger partial charge in [-0.2, -0.15) is 17.0 Å². The average molecular weight is 343 g/mol. The lowest BCUT2D eigenvalue weighted by atomic mass is 10.3. The predicted molar refractivity (Wildman–Crippen MR) is 86.5 cm³/mol. The molecule has 1 aromatic rings. The van der Waals surface area contributed by atoms with Crippen LogP contribution in [-0.4, -0.2) is 66.2 Å². The summed E-state index contributed by atoms with van der Waals surface area (Å²) in [6.45, 7) is 6.29. The molecule has 0 aliphatic carbocycles. The molecule has 0 radical (unpaired) electrons. The first kappa shape index (κ1) is 17.6. The van der Waals surface area contributed by atoms with E-state index in [2.05, 4.69) is 4.98 Å². The first-order chi connectivity index (χ1) is 10.9. The first-order valence-electron chi connectivity index (χ1n) is 7.50. The number of hydrogen-bond acceptors (Lipinski definition) is 6. The molecule has 1 saturated heterocycles. The monoisotopic (exact) mass is 343 g/mol. The van der Waals surface area contributed by atoms with Crippen molar-refractivity contribution in [3.8, 4) is 0 Å². The van der Waals surface area contributed by atoms with Gasteiger partial charge in [0.25, 0.3) is 15.9 Å². The van der Waals surface area contributed by atoms with Crippen LogP contribution < -0.4 is 4.90 Å². The van der Waals surface area contributed by atoms with Crippen LogP contribution in [0.5, 0.6) is 0 Å². The second-order valence-electron chi connectivity index (χ2n) is 5.11. The Morgan fingerprint density at radius 2 is 1.83 bits per heavy atom. The van der Waals surface area contributed by atoms with Crippen LogP contribution in [0.3, 0.4) is 0 Å². The predicted octanol–water partition coefficient (Wildman–Crippen LogP) is 0.698. The Balaban J connectivity index is 2.02. The van der Waals surface area contributed by atoms with Gasteiger partial charge in [-0.25, -0.2) is 4.98 Å². The zero-order chi connectivity index (χ0) is 17.0. The molecule has 23 heavy (non-hydrogen) atoms. The van der Waals surface area contributed by atoms with Crippen LogP contribution in [0, 0.1) is 10.1 Å². The van der Waals surface area contributed by atoms with Gasteiger partial charge in [0.15, 0.2) is 0 Å². The average Bonchev–Trinajstić information content (AvgIpc) is 2.56. The van der Waals surface area contributed by atoms with Crippen molar-refractivity contribution in [2.45, 2.75) is 13.8 Å². The molecule has 10 heteroatoms. The van der Waals surface area contributed by atoms with Crippen molar-refractivity contribution >= 4 is 21.7 Å². The van der Waals surface area contributed by atoms with E-state index in [1.54, 1.807) is 6.07 Å². The maximum atomic E-state index is 12.5. The summed E-state index contributed by atoms with van der Waals surface area (Å²) in [5.41, 5.74) is -0.0588. The molecule has 0 unspecified atom stereocenters. The largest absolute Gasteiger partial charge is 0.354 e. The van der Waals surface area contributed by atoms with Crippen molar-refractivity contribution in [3.63, 3.8) is 0 Å². The highest BCUT2D eigenvalue weighted by Crippen LogP contribution is 2.19. The Morgan fingerprint density at radius 3 is 2.26 bits per heavy atom. The Bertz CT molecular complexity index is 637. The molecule has 0 aromatic carbocycles. The molecule has 128 valence electrons. The lowest BCUT2D eigenvalue weighted by molar-refractivity contribution is -0.385. The normalized spacial score (nSPS) is 16.7. The molecule has 2 rings (SSSR count). The number of nitro groups is 1. The number of piperazine rings is 1. The van der Waals surface area contributed by atoms with Gasteiger partial charge in [0.1, 0.15) is 12.0 Å². The molecular formula is C13H21N5O4S. The Labute approximate surface area is 135 Å². The van der Waals surface area contributed by atoms with Gasteiger partial charge in [0.05, 0.1) is 4.92 Å². The van der Waals surface area contributed by atoms with Crippen LogP contribution in [0.25, 0.3) is 0 Å². The SMILES string of the molecule is CCN(CC)S(=O)(=O)N1CCN(c2ccc([N+](=O)[O-])cn2)CC1. The fourth-order valence-corrected chi connectivity index (χ4v) is 4.14. The molecule has 9 nitrogen and oxygen atoms in total. The van der Waals surface area contributed by atoms with Crippen LogP contribution in [-0.2, 0) is 10.2 Å². The topological polar surface area (TPSA) is 99.9 Å². The zero-order valence-electron chi connectivity index (χ0n) is 13.3. The third kappa shape index (κ3) is 3.77. The van der Waals surface area contributed by atoms with E-state index in [4.69, 9.17) is 0 Å². The van der Waals surface area contributed by atoms with E-state index >= 15 is 0 Å². The minimum Gasteiger partial charge on any atom is -0.354 e. The molecular weight excluding hydrogens is 322 g/mol. The van der Waals surface area contributed by atoms with Crippen molar-refractivity contribution in [1.29, 1.82) is 0 Å². The Hall–Kier alpha value is -1.78. The summed E-state index contributed by atoms with van der Waals surface area (Å²) in [6.07, 6.45) is 1.22. The maximum absolute atomic E-state index is 12.5. The third-order valence-corrected chi connectivity index (χ3v) is 6.05. The van der Waals surface area contributed by atoms with E-state index in [1.165, 1.54) is 20.9 Å².